The predicted molar refractivity (Wildman–Crippen MR) is 588 cm³/mol. The minimum Gasteiger partial charge on any atom is -0.457 e. The molecule has 0 spiro atoms. The zero-order chi connectivity index (χ0) is 94.2. The number of hydrogen-bond acceptors (Lipinski definition) is 2. The first kappa shape index (κ1) is 91.2. The molecule has 138 heavy (non-hydrogen) atoms. The second-order valence-corrected chi connectivity index (χ2v) is 51.8. The molecule has 8 aliphatic rings. The van der Waals surface area contributed by atoms with E-state index in [1.165, 1.54) is 180 Å². The van der Waals surface area contributed by atoms with Crippen molar-refractivity contribution in [2.75, 3.05) is 0 Å². The van der Waals surface area contributed by atoms with Gasteiger partial charge in [-0.1, -0.05) is 469 Å². The second kappa shape index (κ2) is 38.3. The van der Waals surface area contributed by atoms with E-state index in [2.05, 4.69) is 420 Å². The third-order valence-electron chi connectivity index (χ3n) is 31.9. The van der Waals surface area contributed by atoms with E-state index in [0.29, 0.717) is 10.8 Å². The molecule has 0 saturated heterocycles. The van der Waals surface area contributed by atoms with Crippen molar-refractivity contribution in [2.45, 2.75) is 166 Å². The average molecular weight is 1830 g/mol. The number of para-hydroxylation sites is 4. The highest BCUT2D eigenvalue weighted by Crippen LogP contribution is 2.63. The summed E-state index contributed by atoms with van der Waals surface area (Å²) in [6, 6.07) is 163. The summed E-state index contributed by atoms with van der Waals surface area (Å²) in [7, 11) is -5.45. The van der Waals surface area contributed by atoms with Crippen LogP contribution < -0.4 is 51.0 Å². The predicted octanol–water partition coefficient (Wildman–Crippen LogP) is 30.2. The van der Waals surface area contributed by atoms with E-state index >= 15 is 0 Å². The molecule has 0 atom stereocenters. The summed E-state index contributed by atoms with van der Waals surface area (Å²) >= 11 is 0. The summed E-state index contributed by atoms with van der Waals surface area (Å²) in [4.78, 5) is 0. The van der Waals surface area contributed by atoms with Gasteiger partial charge in [0.1, 0.15) is 23.0 Å². The maximum atomic E-state index is 6.36. The van der Waals surface area contributed by atoms with Crippen LogP contribution in [0.2, 0.25) is 0 Å². The van der Waals surface area contributed by atoms with Crippen LogP contribution in [0.3, 0.4) is 0 Å². The summed E-state index contributed by atoms with van der Waals surface area (Å²) in [5, 5.41) is 11.0. The third kappa shape index (κ3) is 17.9. The van der Waals surface area contributed by atoms with Gasteiger partial charge in [0.2, 0.25) is 0 Å². The molecule has 686 valence electrons. The minimum absolute atomic E-state index is 0.0587. The average Bonchev–Trinajstić information content (AvgIpc) is 0.734. The Bertz CT molecular complexity index is 6410. The third-order valence-corrected chi connectivity index (χ3v) is 41.4. The molecule has 17 aromatic rings. The van der Waals surface area contributed by atoms with Crippen molar-refractivity contribution < 1.29 is 9.47 Å². The molecule has 2 nitrogen and oxygen atoms in total. The lowest BCUT2D eigenvalue weighted by Gasteiger charge is -2.57. The zero-order valence-corrected chi connectivity index (χ0v) is 83.9. The minimum atomic E-state index is -2.73. The summed E-state index contributed by atoms with van der Waals surface area (Å²) in [6.45, 7) is 21.1. The Kier molecular flexibility index (Phi) is 25.3. The number of hydrogen-bond donors (Lipinski definition) is 0. The van der Waals surface area contributed by atoms with Crippen LogP contribution >= 0.6 is 0 Å². The maximum absolute atomic E-state index is 6.36. The topological polar surface area (TPSA) is 18.5 Å². The SMILES string of the molecule is CC(C)(C)c1c(-c2ccc(C34CC5CC(CC(C5)C3)C4)cc2)cccc1-c1ccc(C23CC4CC(CC(C4)C2)C3)cc1.CC(C)(C)c1c(-c2cccc([Si](c3ccccc3)(c3ccccc3)c3ccccc3)c2)cccc1-c1cccc([Si](c2ccccc2)(c2ccccc2)c2ccccc2)c1.CC(C)(C)c1c(-c2ccccc2Oc2ccccc2)cccc1-c1ccccc1Oc1ccccc1. The fourth-order valence-corrected chi connectivity index (χ4v) is 36.8. The van der Waals surface area contributed by atoms with Crippen LogP contribution in [0.4, 0.5) is 0 Å². The molecule has 17 aromatic carbocycles. The molecule has 0 N–H and O–H groups in total. The van der Waals surface area contributed by atoms with Gasteiger partial charge in [-0.25, -0.2) is 0 Å². The van der Waals surface area contributed by atoms with E-state index in [0.717, 1.165) is 80.8 Å². The lowest BCUT2D eigenvalue weighted by atomic mass is 9.48. The fourth-order valence-electron chi connectivity index (χ4n) is 27.2. The molecule has 0 aliphatic heterocycles. The van der Waals surface area contributed by atoms with E-state index in [-0.39, 0.29) is 16.2 Å². The lowest BCUT2D eigenvalue weighted by Crippen LogP contribution is -2.74. The van der Waals surface area contributed by atoms with E-state index in [4.69, 9.17) is 9.47 Å². The van der Waals surface area contributed by atoms with Gasteiger partial charge in [-0.2, -0.15) is 0 Å². The van der Waals surface area contributed by atoms with Crippen LogP contribution in [0.15, 0.2) is 443 Å². The van der Waals surface area contributed by atoms with Gasteiger partial charge < -0.3 is 9.47 Å². The Hall–Kier alpha value is -13.2. The largest absolute Gasteiger partial charge is 0.457 e. The fraction of sp³-hybridized carbons (Fsp3) is 0.239. The van der Waals surface area contributed by atoms with Gasteiger partial charge >= 0.3 is 0 Å². The summed E-state index contributed by atoms with van der Waals surface area (Å²) in [6.07, 6.45) is 17.8. The molecular formula is C134H130O2Si2. The van der Waals surface area contributed by atoms with Crippen molar-refractivity contribution in [1.29, 1.82) is 0 Å². The van der Waals surface area contributed by atoms with Gasteiger partial charge in [-0.05, 0) is 301 Å². The molecule has 4 heteroatoms. The Labute approximate surface area is 823 Å². The summed E-state index contributed by atoms with van der Waals surface area (Å²) < 4.78 is 12.7. The highest BCUT2D eigenvalue weighted by atomic mass is 28.3. The van der Waals surface area contributed by atoms with Crippen LogP contribution in [-0.4, -0.2) is 16.1 Å². The van der Waals surface area contributed by atoms with Gasteiger partial charge in [0.15, 0.2) is 16.1 Å². The van der Waals surface area contributed by atoms with Gasteiger partial charge in [0.05, 0.1) is 0 Å². The van der Waals surface area contributed by atoms with E-state index < -0.39 is 16.1 Å². The van der Waals surface area contributed by atoms with Crippen molar-refractivity contribution in [3.63, 3.8) is 0 Å². The number of ether oxygens (including phenoxy) is 2. The van der Waals surface area contributed by atoms with Crippen molar-refractivity contribution in [1.82, 2.24) is 0 Å². The van der Waals surface area contributed by atoms with Crippen molar-refractivity contribution in [3.05, 3.63) is 471 Å². The van der Waals surface area contributed by atoms with Crippen LogP contribution in [0.1, 0.15) is 167 Å². The molecule has 0 heterocycles. The molecule has 0 amide bonds. The Morgan fingerprint density at radius 1 is 0.196 bits per heavy atom. The highest BCUT2D eigenvalue weighted by molar-refractivity contribution is 7.20. The highest BCUT2D eigenvalue weighted by Gasteiger charge is 2.54. The first-order chi connectivity index (χ1) is 67.2. The molecule has 8 aliphatic carbocycles. The van der Waals surface area contributed by atoms with Gasteiger partial charge in [-0.3, -0.25) is 0 Å². The van der Waals surface area contributed by atoms with Crippen LogP contribution in [-0.2, 0) is 27.1 Å². The van der Waals surface area contributed by atoms with Gasteiger partial charge in [0, 0.05) is 11.1 Å². The number of benzene rings is 17. The van der Waals surface area contributed by atoms with E-state index in [1.54, 1.807) is 11.1 Å². The van der Waals surface area contributed by atoms with E-state index in [1.807, 2.05) is 84.9 Å². The van der Waals surface area contributed by atoms with Crippen LogP contribution in [0.25, 0.3) is 66.8 Å². The smallest absolute Gasteiger partial charge is 0.179 e. The van der Waals surface area contributed by atoms with Gasteiger partial charge in [0.25, 0.3) is 0 Å². The summed E-state index contributed by atoms with van der Waals surface area (Å²) in [5.41, 5.74) is 23.2. The standard InChI is InChI=1S/C58H50Si2.C42H50.C34H30O2/c1-58(2,3)57-55(45-25-22-39-53(43-45)59(47-27-10-4-11-28-47,48-29-12-5-13-30-48)49-31-14-6-15-32-49)41-24-42-56(57)46-26-23-40-54(44-46)60(50-33-16-7-17-34-50,51-35-18-8-19-36-51)52-37-20-9-21-38-52;1-40(2,3)39-37(33-7-11-35(12-8-33)41-21-27-15-28(22-41)17-29(16-27)23-41)5-4-6-38(39)34-9-13-36(14-10-34)42-24-30-18-31(25-42)20-32(19-30)26-42;1-34(2,3)33-29(27-19-10-12-23-31(27)35-25-15-6-4-7-16-25)21-14-22-30(33)28-20-11-13-24-32(28)36-26-17-8-5-9-18-26/h4-44H,1-3H3;4-14,27-32H,15-26H2,1-3H3;4-24H,1-3H3. The van der Waals surface area contributed by atoms with E-state index in [9.17, 15) is 0 Å². The molecule has 0 aromatic heterocycles. The molecular weight excluding hydrogens is 1700 g/mol. The quantitative estimate of drug-likeness (QED) is 0.0559. The Morgan fingerprint density at radius 3 is 0.674 bits per heavy atom. The first-order valence-corrected chi connectivity index (χ1v) is 55.0. The lowest BCUT2D eigenvalue weighted by molar-refractivity contribution is -0.00530. The van der Waals surface area contributed by atoms with Crippen LogP contribution in [0, 0.1) is 35.5 Å². The molecule has 8 saturated carbocycles. The van der Waals surface area contributed by atoms with Crippen molar-refractivity contribution in [3.8, 4) is 89.8 Å². The monoisotopic (exact) mass is 1830 g/mol. The van der Waals surface area contributed by atoms with Crippen molar-refractivity contribution >= 4 is 57.6 Å². The zero-order valence-electron chi connectivity index (χ0n) is 81.9. The molecule has 0 unspecified atom stereocenters. The summed E-state index contributed by atoms with van der Waals surface area (Å²) in [5.74, 6) is 9.27. The molecule has 0 radical (unpaired) electrons. The van der Waals surface area contributed by atoms with Gasteiger partial charge in [-0.15, -0.1) is 0 Å². The molecule has 8 fully saturated rings. The Balaban J connectivity index is 0.000000128. The second-order valence-electron chi connectivity index (χ2n) is 44.2. The Morgan fingerprint density at radius 2 is 0.406 bits per heavy atom. The maximum Gasteiger partial charge on any atom is 0.179 e. The first-order valence-electron chi connectivity index (χ1n) is 51.0. The van der Waals surface area contributed by atoms with Crippen LogP contribution in [0.5, 0.6) is 23.0 Å². The normalized spacial score (nSPS) is 19.6. The molecule has 8 bridgehead atoms. The number of rotatable bonds is 20. The van der Waals surface area contributed by atoms with Crippen molar-refractivity contribution in [2.24, 2.45) is 35.5 Å². The molecule has 25 rings (SSSR count).